The lowest BCUT2D eigenvalue weighted by molar-refractivity contribution is -0.129. The number of carboxylic acid groups (broad SMARTS) is 1. The lowest BCUT2D eigenvalue weighted by atomic mass is 9.83. The second-order valence-corrected chi connectivity index (χ2v) is 12.7. The van der Waals surface area contributed by atoms with E-state index in [1.165, 1.54) is 29.0 Å². The van der Waals surface area contributed by atoms with E-state index in [0.717, 1.165) is 84.8 Å². The van der Waals surface area contributed by atoms with E-state index in [2.05, 4.69) is 35.2 Å². The maximum Gasteiger partial charge on any atom is 0.345 e. The summed E-state index contributed by atoms with van der Waals surface area (Å²) in [6.45, 7) is 3.82. The molecular formula is C34H39N3O5S. The molecule has 0 bridgehead atoms. The highest BCUT2D eigenvalue weighted by Crippen LogP contribution is 2.47. The molecule has 2 aliphatic rings. The molecule has 4 aromatic rings. The number of para-hydroxylation sites is 1. The Morgan fingerprint density at radius 3 is 2.44 bits per heavy atom. The molecule has 2 aromatic carbocycles. The lowest BCUT2D eigenvalue weighted by Crippen LogP contribution is -2.36. The van der Waals surface area contributed by atoms with Crippen LogP contribution in [0.5, 0.6) is 5.75 Å². The van der Waals surface area contributed by atoms with Crippen LogP contribution in [0.3, 0.4) is 0 Å². The summed E-state index contributed by atoms with van der Waals surface area (Å²) < 4.78 is 14.9. The van der Waals surface area contributed by atoms with E-state index in [1.807, 2.05) is 22.8 Å². The molecule has 1 aliphatic carbocycles. The zero-order valence-corrected chi connectivity index (χ0v) is 25.7. The number of likely N-dealkylation sites (N-methyl/N-ethyl adjacent to an activating group) is 1. The highest BCUT2D eigenvalue weighted by molar-refractivity contribution is 7.21. The van der Waals surface area contributed by atoms with Gasteiger partial charge in [-0.15, -0.1) is 11.3 Å². The van der Waals surface area contributed by atoms with Gasteiger partial charge in [-0.05, 0) is 66.3 Å². The molecule has 1 amide bonds. The maximum atomic E-state index is 13.0. The average Bonchev–Trinajstić information content (AvgIpc) is 3.59. The minimum Gasteiger partial charge on any atom is -0.489 e. The molecule has 0 radical (unpaired) electrons. The summed E-state index contributed by atoms with van der Waals surface area (Å²) in [6.07, 6.45) is 5.67. The Balaban J connectivity index is 1.34. The van der Waals surface area contributed by atoms with Crippen molar-refractivity contribution in [3.05, 3.63) is 70.6 Å². The monoisotopic (exact) mass is 601 g/mol. The van der Waals surface area contributed by atoms with E-state index < -0.39 is 5.97 Å². The predicted octanol–water partition coefficient (Wildman–Crippen LogP) is 6.62. The fourth-order valence-corrected chi connectivity index (χ4v) is 7.52. The number of thiophene rings is 1. The number of ether oxygens (including phenoxy) is 2. The Morgan fingerprint density at radius 1 is 1.02 bits per heavy atom. The summed E-state index contributed by atoms with van der Waals surface area (Å²) in [4.78, 5) is 29.3. The molecule has 8 nitrogen and oxygen atoms in total. The molecule has 226 valence electrons. The van der Waals surface area contributed by atoms with Crippen molar-refractivity contribution in [3.8, 4) is 17.0 Å². The summed E-state index contributed by atoms with van der Waals surface area (Å²) in [5.41, 5.74) is 6.36. The third kappa shape index (κ3) is 6.15. The van der Waals surface area contributed by atoms with Crippen LogP contribution in [0.25, 0.3) is 21.5 Å². The van der Waals surface area contributed by atoms with E-state index in [-0.39, 0.29) is 12.5 Å². The number of nitrogens with zero attached hydrogens (tertiary/aromatic N) is 3. The third-order valence-corrected chi connectivity index (χ3v) is 9.80. The molecule has 2 fully saturated rings. The number of aromatic carboxylic acids is 1. The van der Waals surface area contributed by atoms with Crippen LogP contribution < -0.4 is 9.64 Å². The van der Waals surface area contributed by atoms with Gasteiger partial charge < -0.3 is 28.9 Å². The quantitative estimate of drug-likeness (QED) is 0.232. The van der Waals surface area contributed by atoms with Crippen molar-refractivity contribution in [2.24, 2.45) is 0 Å². The Hall–Kier alpha value is -3.82. The van der Waals surface area contributed by atoms with Crippen LogP contribution in [0.1, 0.15) is 58.8 Å². The molecule has 9 heteroatoms. The van der Waals surface area contributed by atoms with E-state index in [9.17, 15) is 14.7 Å². The van der Waals surface area contributed by atoms with E-state index in [0.29, 0.717) is 17.4 Å². The second kappa shape index (κ2) is 12.8. The first kappa shape index (κ1) is 29.3. The van der Waals surface area contributed by atoms with Crippen molar-refractivity contribution in [2.45, 2.75) is 51.2 Å². The van der Waals surface area contributed by atoms with Gasteiger partial charge in [0.15, 0.2) is 0 Å². The molecular weight excluding hydrogens is 562 g/mol. The van der Waals surface area contributed by atoms with Gasteiger partial charge in [-0.3, -0.25) is 4.79 Å². The summed E-state index contributed by atoms with van der Waals surface area (Å²) in [5, 5.41) is 9.81. The SMILES string of the molecule is CN(C)C(=O)Cn1c(-c2ccc(OCc3ccccc3N3CCOCC3)cc2)c(C2CCCCC2)c2sc(C(=O)O)cc21. The molecule has 1 saturated heterocycles. The molecule has 6 rings (SSSR count). The summed E-state index contributed by atoms with van der Waals surface area (Å²) in [5.74, 6) is 0.141. The van der Waals surface area contributed by atoms with Gasteiger partial charge in [-0.1, -0.05) is 37.5 Å². The van der Waals surface area contributed by atoms with E-state index >= 15 is 0 Å². The Bertz CT molecular complexity index is 1590. The number of fused-ring (bicyclic) bond motifs is 1. The molecule has 3 heterocycles. The van der Waals surface area contributed by atoms with Gasteiger partial charge in [0.2, 0.25) is 5.91 Å². The number of hydrogen-bond acceptors (Lipinski definition) is 6. The Kier molecular flexibility index (Phi) is 8.72. The van der Waals surface area contributed by atoms with Crippen molar-refractivity contribution in [2.75, 3.05) is 45.3 Å². The summed E-state index contributed by atoms with van der Waals surface area (Å²) in [6, 6.07) is 18.2. The molecule has 1 N–H and O–H groups in total. The lowest BCUT2D eigenvalue weighted by Gasteiger charge is -2.30. The number of amides is 1. The minimum atomic E-state index is -0.931. The number of carboxylic acids is 1. The van der Waals surface area contributed by atoms with Crippen LogP contribution in [0.2, 0.25) is 0 Å². The fourth-order valence-electron chi connectivity index (χ4n) is 6.39. The van der Waals surface area contributed by atoms with Crippen LogP contribution in [-0.4, -0.2) is 66.8 Å². The number of morpholine rings is 1. The fraction of sp³-hybridized carbons (Fsp3) is 0.412. The highest BCUT2D eigenvalue weighted by atomic mass is 32.1. The van der Waals surface area contributed by atoms with Crippen molar-refractivity contribution in [1.29, 1.82) is 0 Å². The number of hydrogen-bond donors (Lipinski definition) is 1. The number of benzene rings is 2. The number of anilines is 1. The summed E-state index contributed by atoms with van der Waals surface area (Å²) in [7, 11) is 3.51. The van der Waals surface area contributed by atoms with Crippen LogP contribution in [0.4, 0.5) is 5.69 Å². The highest BCUT2D eigenvalue weighted by Gasteiger charge is 2.30. The first-order valence-corrected chi connectivity index (χ1v) is 16.0. The van der Waals surface area contributed by atoms with Gasteiger partial charge in [0, 0.05) is 38.4 Å². The maximum absolute atomic E-state index is 13.0. The van der Waals surface area contributed by atoms with E-state index in [4.69, 9.17) is 9.47 Å². The first-order valence-electron chi connectivity index (χ1n) is 15.1. The third-order valence-electron chi connectivity index (χ3n) is 8.65. The van der Waals surface area contributed by atoms with Crippen molar-refractivity contribution in [1.82, 2.24) is 9.47 Å². The standard InChI is InChI=1S/C34H39N3O5S/c1-35(2)30(38)21-37-28-20-29(34(39)40)43-33(28)31(23-8-4-3-5-9-23)32(37)24-12-14-26(15-13-24)42-22-25-10-6-7-11-27(25)36-16-18-41-19-17-36/h6-7,10-15,20,23H,3-5,8-9,16-19,21-22H2,1-2H3,(H,39,40). The van der Waals surface area contributed by atoms with Gasteiger partial charge >= 0.3 is 5.97 Å². The Morgan fingerprint density at radius 2 is 1.74 bits per heavy atom. The molecule has 1 aliphatic heterocycles. The van der Waals surface area contributed by atoms with Gasteiger partial charge in [0.05, 0.1) is 29.1 Å². The van der Waals surface area contributed by atoms with Crippen LogP contribution in [-0.2, 0) is 22.7 Å². The van der Waals surface area contributed by atoms with Crippen molar-refractivity contribution in [3.63, 3.8) is 0 Å². The van der Waals surface area contributed by atoms with Gasteiger partial charge in [0.1, 0.15) is 23.8 Å². The van der Waals surface area contributed by atoms with Gasteiger partial charge in [-0.25, -0.2) is 4.79 Å². The predicted molar refractivity (Wildman–Crippen MR) is 171 cm³/mol. The minimum absolute atomic E-state index is 0.0321. The largest absolute Gasteiger partial charge is 0.489 e. The van der Waals surface area contributed by atoms with Crippen LogP contribution in [0, 0.1) is 0 Å². The molecule has 2 aromatic heterocycles. The topological polar surface area (TPSA) is 84.2 Å². The van der Waals surface area contributed by atoms with Gasteiger partial charge in [0.25, 0.3) is 0 Å². The summed E-state index contributed by atoms with van der Waals surface area (Å²) >= 11 is 1.33. The number of carbonyl (C=O) groups is 2. The van der Waals surface area contributed by atoms with E-state index in [1.54, 1.807) is 25.1 Å². The molecule has 0 unspecified atom stereocenters. The normalized spacial score (nSPS) is 16.0. The first-order chi connectivity index (χ1) is 20.9. The van der Waals surface area contributed by atoms with Gasteiger partial charge in [-0.2, -0.15) is 0 Å². The molecule has 0 spiro atoms. The molecule has 0 atom stereocenters. The molecule has 1 saturated carbocycles. The number of aromatic nitrogens is 1. The Labute approximate surface area is 256 Å². The zero-order valence-electron chi connectivity index (χ0n) is 24.9. The second-order valence-electron chi connectivity index (χ2n) is 11.6. The van der Waals surface area contributed by atoms with Crippen LogP contribution >= 0.6 is 11.3 Å². The number of rotatable bonds is 9. The number of carbonyl (C=O) groups excluding carboxylic acids is 1. The van der Waals surface area contributed by atoms with Crippen LogP contribution in [0.15, 0.2) is 54.6 Å². The average molecular weight is 602 g/mol. The van der Waals surface area contributed by atoms with Crippen molar-refractivity contribution < 1.29 is 24.2 Å². The smallest absolute Gasteiger partial charge is 0.345 e. The zero-order chi connectivity index (χ0) is 29.9. The van der Waals surface area contributed by atoms with Crippen molar-refractivity contribution >= 4 is 39.1 Å². The molecule has 43 heavy (non-hydrogen) atoms.